The van der Waals surface area contributed by atoms with Crippen LogP contribution < -0.4 is 10.5 Å². The summed E-state index contributed by atoms with van der Waals surface area (Å²) >= 11 is 3.07. The molecule has 2 aromatic rings. The highest BCUT2D eigenvalue weighted by molar-refractivity contribution is 9.10. The number of ether oxygens (including phenoxy) is 1. The van der Waals surface area contributed by atoms with Crippen LogP contribution in [0.25, 0.3) is 0 Å². The van der Waals surface area contributed by atoms with Crippen molar-refractivity contribution in [2.24, 2.45) is 5.73 Å². The predicted molar refractivity (Wildman–Crippen MR) is 78.3 cm³/mol. The third-order valence-electron chi connectivity index (χ3n) is 2.60. The van der Waals surface area contributed by atoms with Gasteiger partial charge in [-0.3, -0.25) is 15.5 Å². The zero-order valence-corrected chi connectivity index (χ0v) is 12.1. The van der Waals surface area contributed by atoms with Crippen LogP contribution in [0.5, 0.6) is 11.5 Å². The minimum atomic E-state index is -0.707. The Morgan fingerprint density at radius 2 is 1.90 bits per heavy atom. The van der Waals surface area contributed by atoms with Crippen molar-refractivity contribution >= 4 is 27.5 Å². The fraction of sp³-hybridized carbons (Fsp3) is 0. The molecule has 0 spiro atoms. The quantitative estimate of drug-likeness (QED) is 0.379. The molecule has 8 heteroatoms. The van der Waals surface area contributed by atoms with Gasteiger partial charge >= 0.3 is 0 Å². The average Bonchev–Trinajstić information content (AvgIpc) is 2.40. The predicted octanol–water partition coefficient (Wildman–Crippen LogP) is 3.57. The van der Waals surface area contributed by atoms with Gasteiger partial charge in [0.25, 0.3) is 5.69 Å². The SMILES string of the molecule is N=C(N)c1c(F)cccc1Oc1cccc([N+](=O)[O-])c1Br. The third kappa shape index (κ3) is 3.00. The van der Waals surface area contributed by atoms with Crippen molar-refractivity contribution in [2.45, 2.75) is 0 Å². The summed E-state index contributed by atoms with van der Waals surface area (Å²) in [6.45, 7) is 0. The van der Waals surface area contributed by atoms with Gasteiger partial charge in [-0.1, -0.05) is 12.1 Å². The Morgan fingerprint density at radius 3 is 2.52 bits per heavy atom. The number of halogens is 2. The van der Waals surface area contributed by atoms with Crippen molar-refractivity contribution in [3.63, 3.8) is 0 Å². The van der Waals surface area contributed by atoms with E-state index in [1.54, 1.807) is 0 Å². The fourth-order valence-corrected chi connectivity index (χ4v) is 2.18. The first kappa shape index (κ1) is 14.9. The van der Waals surface area contributed by atoms with E-state index in [-0.39, 0.29) is 27.2 Å². The summed E-state index contributed by atoms with van der Waals surface area (Å²) in [5, 5.41) is 18.2. The summed E-state index contributed by atoms with van der Waals surface area (Å²) in [4.78, 5) is 10.3. The first-order valence-electron chi connectivity index (χ1n) is 5.65. The lowest BCUT2D eigenvalue weighted by molar-refractivity contribution is -0.385. The van der Waals surface area contributed by atoms with Crippen molar-refractivity contribution in [2.75, 3.05) is 0 Å². The molecular formula is C13H9BrFN3O3. The second kappa shape index (κ2) is 5.88. The summed E-state index contributed by atoms with van der Waals surface area (Å²) in [5.41, 5.74) is 4.94. The van der Waals surface area contributed by atoms with E-state index in [2.05, 4.69) is 15.9 Å². The van der Waals surface area contributed by atoms with Crippen LogP contribution >= 0.6 is 15.9 Å². The Balaban J connectivity index is 2.49. The highest BCUT2D eigenvalue weighted by atomic mass is 79.9. The van der Waals surface area contributed by atoms with Crippen LogP contribution in [0.4, 0.5) is 10.1 Å². The summed E-state index contributed by atoms with van der Waals surface area (Å²) in [5.74, 6) is -1.08. The first-order chi connectivity index (χ1) is 9.91. The molecule has 0 saturated heterocycles. The second-order valence-electron chi connectivity index (χ2n) is 3.98. The Morgan fingerprint density at radius 1 is 1.29 bits per heavy atom. The van der Waals surface area contributed by atoms with Gasteiger partial charge in [-0.05, 0) is 34.1 Å². The van der Waals surface area contributed by atoms with Gasteiger partial charge in [-0.2, -0.15) is 0 Å². The van der Waals surface area contributed by atoms with Gasteiger partial charge < -0.3 is 10.5 Å². The molecule has 0 aliphatic carbocycles. The van der Waals surface area contributed by atoms with Crippen LogP contribution in [-0.2, 0) is 0 Å². The molecule has 0 saturated carbocycles. The van der Waals surface area contributed by atoms with Gasteiger partial charge in [0.2, 0.25) is 0 Å². The molecule has 0 radical (unpaired) electrons. The molecule has 0 aliphatic heterocycles. The highest BCUT2D eigenvalue weighted by Gasteiger charge is 2.19. The summed E-state index contributed by atoms with van der Waals surface area (Å²) in [6.07, 6.45) is 0. The summed E-state index contributed by atoms with van der Waals surface area (Å²) < 4.78 is 19.3. The van der Waals surface area contributed by atoms with E-state index < -0.39 is 16.6 Å². The van der Waals surface area contributed by atoms with Gasteiger partial charge in [0.15, 0.2) is 0 Å². The molecule has 0 heterocycles. The molecule has 0 amide bonds. The number of nitro groups is 1. The standard InChI is InChI=1S/C13H9BrFN3O3/c14-12-8(18(19)20)4-2-6-10(12)21-9-5-1-3-7(15)11(9)13(16)17/h1-6H,(H3,16,17). The average molecular weight is 354 g/mol. The fourth-order valence-electron chi connectivity index (χ4n) is 1.69. The molecule has 0 atom stereocenters. The maximum Gasteiger partial charge on any atom is 0.287 e. The number of rotatable bonds is 4. The normalized spacial score (nSPS) is 10.2. The van der Waals surface area contributed by atoms with E-state index >= 15 is 0 Å². The maximum atomic E-state index is 13.7. The van der Waals surface area contributed by atoms with E-state index in [4.69, 9.17) is 15.9 Å². The Kier molecular flexibility index (Phi) is 4.18. The van der Waals surface area contributed by atoms with Crippen LogP contribution in [0.3, 0.4) is 0 Å². The molecule has 0 bridgehead atoms. The highest BCUT2D eigenvalue weighted by Crippen LogP contribution is 2.37. The summed E-state index contributed by atoms with van der Waals surface area (Å²) in [7, 11) is 0. The zero-order chi connectivity index (χ0) is 15.6. The number of nitrogens with zero attached hydrogens (tertiary/aromatic N) is 1. The molecule has 2 aromatic carbocycles. The molecule has 3 N–H and O–H groups in total. The first-order valence-corrected chi connectivity index (χ1v) is 6.44. The lowest BCUT2D eigenvalue weighted by Gasteiger charge is -2.12. The molecule has 0 aromatic heterocycles. The Labute approximate surface area is 127 Å². The lowest BCUT2D eigenvalue weighted by Crippen LogP contribution is -2.14. The molecule has 0 fully saturated rings. The van der Waals surface area contributed by atoms with Crippen LogP contribution in [-0.4, -0.2) is 10.8 Å². The van der Waals surface area contributed by atoms with Crippen molar-refractivity contribution in [3.8, 4) is 11.5 Å². The second-order valence-corrected chi connectivity index (χ2v) is 4.77. The third-order valence-corrected chi connectivity index (χ3v) is 3.40. The van der Waals surface area contributed by atoms with Crippen molar-refractivity contribution in [1.29, 1.82) is 5.41 Å². The van der Waals surface area contributed by atoms with Gasteiger partial charge in [0.05, 0.1) is 10.5 Å². The van der Waals surface area contributed by atoms with Gasteiger partial charge in [-0.25, -0.2) is 4.39 Å². The largest absolute Gasteiger partial charge is 0.455 e. The van der Waals surface area contributed by atoms with Crippen molar-refractivity contribution in [3.05, 3.63) is 62.4 Å². The van der Waals surface area contributed by atoms with E-state index in [0.29, 0.717) is 0 Å². The van der Waals surface area contributed by atoms with E-state index in [1.165, 1.54) is 30.3 Å². The zero-order valence-electron chi connectivity index (χ0n) is 10.5. The van der Waals surface area contributed by atoms with Crippen LogP contribution in [0, 0.1) is 21.3 Å². The van der Waals surface area contributed by atoms with E-state index in [1.807, 2.05) is 0 Å². The smallest absolute Gasteiger partial charge is 0.287 e. The van der Waals surface area contributed by atoms with Crippen LogP contribution in [0.15, 0.2) is 40.9 Å². The molecule has 6 nitrogen and oxygen atoms in total. The van der Waals surface area contributed by atoms with Crippen LogP contribution in [0.1, 0.15) is 5.56 Å². The summed E-state index contributed by atoms with van der Waals surface area (Å²) in [6, 6.07) is 8.17. The number of amidine groups is 1. The molecule has 21 heavy (non-hydrogen) atoms. The maximum absolute atomic E-state index is 13.7. The number of nitrogen functional groups attached to an aromatic ring is 1. The molecule has 108 valence electrons. The van der Waals surface area contributed by atoms with Crippen molar-refractivity contribution in [1.82, 2.24) is 0 Å². The van der Waals surface area contributed by atoms with E-state index in [9.17, 15) is 14.5 Å². The molecule has 2 rings (SSSR count). The number of nitrogens with two attached hydrogens (primary N) is 1. The van der Waals surface area contributed by atoms with Gasteiger partial charge in [0, 0.05) is 6.07 Å². The topological polar surface area (TPSA) is 102 Å². The number of hydrogen-bond acceptors (Lipinski definition) is 4. The van der Waals surface area contributed by atoms with Gasteiger partial charge in [0.1, 0.15) is 27.6 Å². The Bertz CT molecular complexity index is 737. The van der Waals surface area contributed by atoms with E-state index in [0.717, 1.165) is 6.07 Å². The minimum absolute atomic E-state index is 0.00342. The molecule has 0 unspecified atom stereocenters. The number of nitro benzene ring substituents is 1. The molecule has 0 aliphatic rings. The number of nitrogens with one attached hydrogen (secondary N) is 1. The van der Waals surface area contributed by atoms with Crippen molar-refractivity contribution < 1.29 is 14.1 Å². The lowest BCUT2D eigenvalue weighted by atomic mass is 10.1. The number of benzene rings is 2. The minimum Gasteiger partial charge on any atom is -0.455 e. The molecular weight excluding hydrogens is 345 g/mol. The van der Waals surface area contributed by atoms with Gasteiger partial charge in [-0.15, -0.1) is 0 Å². The monoisotopic (exact) mass is 353 g/mol. The Hall–Kier alpha value is -2.48. The van der Waals surface area contributed by atoms with Crippen LogP contribution in [0.2, 0.25) is 0 Å². The number of hydrogen-bond donors (Lipinski definition) is 2.